The number of nitrogens with one attached hydrogen (secondary N) is 1. The number of Topliss-reactive ketones (excluding diaryl/α,β-unsaturated/α-hetero) is 2. The van der Waals surface area contributed by atoms with E-state index in [0.717, 1.165) is 9.79 Å². The molecule has 10 nitrogen and oxygen atoms in total. The maximum Gasteiger partial charge on any atom is 0.373 e. The summed E-state index contributed by atoms with van der Waals surface area (Å²) >= 11 is 1.51. The Bertz CT molecular complexity index is 1130. The minimum absolute atomic E-state index is 0.00496. The van der Waals surface area contributed by atoms with E-state index >= 15 is 0 Å². The largest absolute Gasteiger partial charge is 0.457 e. The zero-order chi connectivity index (χ0) is 29.1. The van der Waals surface area contributed by atoms with Crippen LogP contribution in [-0.2, 0) is 33.5 Å². The van der Waals surface area contributed by atoms with Crippen molar-refractivity contribution in [3.05, 3.63) is 59.7 Å². The molecular weight excluding hydrogens is 514 g/mol. The molecule has 0 saturated carbocycles. The summed E-state index contributed by atoms with van der Waals surface area (Å²) in [5, 5.41) is 2.95. The van der Waals surface area contributed by atoms with Crippen LogP contribution in [-0.4, -0.2) is 47.9 Å². The highest BCUT2D eigenvalue weighted by Crippen LogP contribution is 2.29. The predicted octanol–water partition coefficient (Wildman–Crippen LogP) is 3.68. The molecule has 38 heavy (non-hydrogen) atoms. The van der Waals surface area contributed by atoms with Crippen molar-refractivity contribution in [3.63, 3.8) is 0 Å². The third-order valence-corrected chi connectivity index (χ3v) is 6.30. The van der Waals surface area contributed by atoms with Gasteiger partial charge in [-0.15, -0.1) is 0 Å². The fourth-order valence-corrected chi connectivity index (χ4v) is 4.12. The monoisotopic (exact) mass is 543 g/mol. The van der Waals surface area contributed by atoms with Gasteiger partial charge in [0.2, 0.25) is 5.91 Å². The van der Waals surface area contributed by atoms with Gasteiger partial charge in [0.25, 0.3) is 0 Å². The second-order valence-corrected chi connectivity index (χ2v) is 8.94. The Morgan fingerprint density at radius 3 is 1.50 bits per heavy atom. The molecule has 202 valence electrons. The molecule has 0 aromatic heterocycles. The lowest BCUT2D eigenvalue weighted by Gasteiger charge is -2.32. The summed E-state index contributed by atoms with van der Waals surface area (Å²) in [7, 11) is 0. The predicted molar refractivity (Wildman–Crippen MR) is 134 cm³/mol. The molecule has 0 fully saturated rings. The lowest BCUT2D eigenvalue weighted by molar-refractivity contribution is -0.193. The molecule has 0 aliphatic heterocycles. The van der Waals surface area contributed by atoms with Crippen LogP contribution in [0.1, 0.15) is 67.7 Å². The van der Waals surface area contributed by atoms with E-state index in [2.05, 4.69) is 5.32 Å². The van der Waals surface area contributed by atoms with Gasteiger partial charge in [-0.1, -0.05) is 49.9 Å². The molecule has 0 aliphatic carbocycles. The highest BCUT2D eigenvalue weighted by molar-refractivity contribution is 7.99. The summed E-state index contributed by atoms with van der Waals surface area (Å²) in [6, 6.07) is 14.4. The summed E-state index contributed by atoms with van der Waals surface area (Å²) < 4.78 is 4.74. The van der Waals surface area contributed by atoms with Gasteiger partial charge in [0, 0.05) is 46.7 Å². The van der Waals surface area contributed by atoms with E-state index in [1.807, 2.05) is 38.1 Å². The van der Waals surface area contributed by atoms with E-state index in [1.54, 1.807) is 24.3 Å². The molecule has 1 N–H and O–H groups in total. The molecule has 0 radical (unpaired) electrons. The van der Waals surface area contributed by atoms with Crippen molar-refractivity contribution in [2.75, 3.05) is 6.61 Å². The van der Waals surface area contributed by atoms with Gasteiger partial charge in [-0.05, 0) is 37.1 Å². The van der Waals surface area contributed by atoms with Crippen LogP contribution in [0.15, 0.2) is 58.3 Å². The van der Waals surface area contributed by atoms with Crippen molar-refractivity contribution in [2.45, 2.75) is 62.3 Å². The van der Waals surface area contributed by atoms with Crippen LogP contribution in [0.2, 0.25) is 0 Å². The first-order valence-electron chi connectivity index (χ1n) is 11.4. The molecule has 0 spiro atoms. The van der Waals surface area contributed by atoms with Gasteiger partial charge in [-0.3, -0.25) is 19.2 Å². The molecule has 0 unspecified atom stereocenters. The number of amides is 1. The van der Waals surface area contributed by atoms with Crippen LogP contribution in [0.3, 0.4) is 0 Å². The van der Waals surface area contributed by atoms with E-state index in [4.69, 9.17) is 23.9 Å². The molecule has 2 rings (SSSR count). The van der Waals surface area contributed by atoms with Gasteiger partial charge in [0.1, 0.15) is 0 Å². The van der Waals surface area contributed by atoms with Gasteiger partial charge in [0.15, 0.2) is 18.2 Å². The topological polar surface area (TPSA) is 158 Å². The first kappa shape index (κ1) is 33.8. The number of ether oxygens (including phenoxy) is 1. The summed E-state index contributed by atoms with van der Waals surface area (Å²) in [4.78, 5) is 81.6. The maximum atomic E-state index is 12.8. The lowest BCUT2D eigenvalue weighted by Crippen LogP contribution is -2.48. The van der Waals surface area contributed by atoms with Gasteiger partial charge >= 0.3 is 18.3 Å². The van der Waals surface area contributed by atoms with E-state index < -0.39 is 11.5 Å². The molecule has 0 bridgehead atoms. The zero-order valence-corrected chi connectivity index (χ0v) is 22.3. The summed E-state index contributed by atoms with van der Waals surface area (Å²) in [5.41, 5.74) is 0.564. The van der Waals surface area contributed by atoms with Crippen molar-refractivity contribution in [3.8, 4) is 0 Å². The number of rotatable bonds is 11. The average Bonchev–Trinajstić information content (AvgIpc) is 2.88. The van der Waals surface area contributed by atoms with Gasteiger partial charge in [0.05, 0.1) is 0 Å². The Kier molecular flexibility index (Phi) is 16.1. The second kappa shape index (κ2) is 18.1. The maximum absolute atomic E-state index is 12.8. The number of hydrogen-bond acceptors (Lipinski definition) is 10. The third kappa shape index (κ3) is 12.7. The van der Waals surface area contributed by atoms with Crippen LogP contribution >= 0.6 is 11.8 Å². The SMILES string of the molecule is CCC(CC)(CC(=O)c1ccc(Sc2ccc(C(=O)COC(C)=O)cc2)cc1)NC(C)=O.O=C=O.O=C=O. The molecule has 2 aromatic rings. The molecule has 0 heterocycles. The summed E-state index contributed by atoms with van der Waals surface area (Å²) in [6.45, 7) is 6.41. The molecular formula is C27H29NO9S. The quantitative estimate of drug-likeness (QED) is 0.327. The Labute approximate surface area is 224 Å². The Balaban J connectivity index is 0.00000208. The standard InChI is InChI=1S/C25H29NO5S.2CO2/c1-5-25(6-2,26-17(3)27)15-23(29)19-7-11-21(12-8-19)32-22-13-9-20(10-14-22)24(30)16-31-18(4)28;2*2-1-3/h7-14H,5-6,15-16H2,1-4H3,(H,26,27);;. The first-order chi connectivity index (χ1) is 18.0. The number of hydrogen-bond donors (Lipinski definition) is 1. The van der Waals surface area contributed by atoms with Gasteiger partial charge in [-0.25, -0.2) is 0 Å². The van der Waals surface area contributed by atoms with E-state index in [-0.39, 0.29) is 42.8 Å². The van der Waals surface area contributed by atoms with Crippen molar-refractivity contribution in [2.24, 2.45) is 0 Å². The van der Waals surface area contributed by atoms with E-state index in [9.17, 15) is 19.2 Å². The van der Waals surface area contributed by atoms with Crippen molar-refractivity contribution in [1.82, 2.24) is 5.32 Å². The number of carbonyl (C=O) groups excluding carboxylic acids is 8. The zero-order valence-electron chi connectivity index (χ0n) is 21.5. The molecule has 0 saturated heterocycles. The van der Waals surface area contributed by atoms with E-state index in [1.165, 1.54) is 25.6 Å². The summed E-state index contributed by atoms with van der Waals surface area (Å²) in [6.07, 6.45) is 2.12. The highest BCUT2D eigenvalue weighted by Gasteiger charge is 2.30. The second-order valence-electron chi connectivity index (χ2n) is 7.79. The summed E-state index contributed by atoms with van der Waals surface area (Å²) in [5.74, 6) is -0.881. The molecule has 11 heteroatoms. The Hall–Kier alpha value is -4.17. The molecule has 2 aromatic carbocycles. The fourth-order valence-electron chi connectivity index (χ4n) is 3.31. The minimum atomic E-state index is -0.523. The smallest absolute Gasteiger partial charge is 0.373 e. The minimum Gasteiger partial charge on any atom is -0.457 e. The van der Waals surface area contributed by atoms with Crippen molar-refractivity contribution >= 4 is 47.5 Å². The normalized spacial score (nSPS) is 9.68. The molecule has 1 amide bonds. The molecule has 0 aliphatic rings. The van der Waals surface area contributed by atoms with Crippen LogP contribution in [0.25, 0.3) is 0 Å². The first-order valence-corrected chi connectivity index (χ1v) is 12.2. The van der Waals surface area contributed by atoms with Crippen LogP contribution in [0, 0.1) is 0 Å². The molecule has 0 atom stereocenters. The van der Waals surface area contributed by atoms with E-state index in [0.29, 0.717) is 24.0 Å². The number of benzene rings is 2. The number of ketones is 2. The highest BCUT2D eigenvalue weighted by atomic mass is 32.2. The van der Waals surface area contributed by atoms with Crippen LogP contribution in [0.5, 0.6) is 0 Å². The number of carbonyl (C=O) groups is 4. The lowest BCUT2D eigenvalue weighted by atomic mass is 9.85. The van der Waals surface area contributed by atoms with Crippen LogP contribution in [0.4, 0.5) is 0 Å². The Morgan fingerprint density at radius 1 is 0.763 bits per heavy atom. The van der Waals surface area contributed by atoms with Crippen LogP contribution < -0.4 is 5.32 Å². The van der Waals surface area contributed by atoms with Crippen molar-refractivity contribution < 1.29 is 43.1 Å². The third-order valence-electron chi connectivity index (χ3n) is 5.29. The fraction of sp³-hybridized carbons (Fsp3) is 0.333. The van der Waals surface area contributed by atoms with Crippen molar-refractivity contribution in [1.29, 1.82) is 0 Å². The number of esters is 1. The Morgan fingerprint density at radius 2 is 1.16 bits per heavy atom. The van der Waals surface area contributed by atoms with Gasteiger partial charge < -0.3 is 10.1 Å². The average molecular weight is 544 g/mol. The van der Waals surface area contributed by atoms with Gasteiger partial charge in [-0.2, -0.15) is 19.2 Å².